The van der Waals surface area contributed by atoms with Crippen LogP contribution in [0.15, 0.2) is 70.3 Å². The Bertz CT molecular complexity index is 1410. The van der Waals surface area contributed by atoms with Crippen LogP contribution < -0.4 is 11.2 Å². The van der Waals surface area contributed by atoms with Crippen molar-refractivity contribution in [1.29, 1.82) is 0 Å². The second-order valence-corrected chi connectivity index (χ2v) is 9.33. The smallest absolute Gasteiger partial charge is 0.274 e. The third-order valence-corrected chi connectivity index (χ3v) is 6.23. The molecule has 1 amide bonds. The number of aryl methyl sites for hydroxylation is 1. The van der Waals surface area contributed by atoms with Gasteiger partial charge in [-0.25, -0.2) is 9.37 Å². The Morgan fingerprint density at radius 3 is 2.58 bits per heavy atom. The molecule has 0 aliphatic rings. The van der Waals surface area contributed by atoms with Crippen LogP contribution in [0.5, 0.6) is 0 Å². The van der Waals surface area contributed by atoms with Gasteiger partial charge in [0.2, 0.25) is 0 Å². The Morgan fingerprint density at radius 1 is 1.19 bits per heavy atom. The lowest BCUT2D eigenvalue weighted by Gasteiger charge is -2.34. The molecule has 7 nitrogen and oxygen atoms in total. The van der Waals surface area contributed by atoms with Gasteiger partial charge in [-0.3, -0.25) is 9.59 Å². The van der Waals surface area contributed by atoms with Crippen LogP contribution in [0.1, 0.15) is 53.7 Å². The summed E-state index contributed by atoms with van der Waals surface area (Å²) in [7, 11) is 1.79. The van der Waals surface area contributed by atoms with Gasteiger partial charge in [-0.2, -0.15) is 0 Å². The second-order valence-electron chi connectivity index (χ2n) is 9.33. The highest BCUT2D eigenvalue weighted by Gasteiger charge is 2.34. The number of nitrogens with two attached hydrogens (primary N) is 1. The van der Waals surface area contributed by atoms with E-state index in [2.05, 4.69) is 4.98 Å². The number of hydrogen-bond acceptors (Lipinski definition) is 5. The van der Waals surface area contributed by atoms with Gasteiger partial charge in [0.15, 0.2) is 5.43 Å². The van der Waals surface area contributed by atoms with E-state index in [1.54, 1.807) is 29.0 Å². The van der Waals surface area contributed by atoms with E-state index < -0.39 is 11.9 Å². The first-order valence-corrected chi connectivity index (χ1v) is 12.1. The molecule has 0 saturated heterocycles. The van der Waals surface area contributed by atoms with Crippen LogP contribution in [0.4, 0.5) is 4.39 Å². The number of rotatable bonds is 9. The van der Waals surface area contributed by atoms with E-state index in [9.17, 15) is 14.0 Å². The maximum atomic E-state index is 14.1. The first kappa shape index (κ1) is 25.3. The van der Waals surface area contributed by atoms with Gasteiger partial charge in [-0.15, -0.1) is 0 Å². The molecular formula is C28H31FN4O3. The number of carbonyl (C=O) groups excluding carboxylic acids is 1. The molecule has 188 valence electrons. The highest BCUT2D eigenvalue weighted by atomic mass is 19.1. The molecule has 0 aliphatic carbocycles. The summed E-state index contributed by atoms with van der Waals surface area (Å²) in [6, 6.07) is 12.9. The number of fused-ring (bicyclic) bond motifs is 1. The average Bonchev–Trinajstić information content (AvgIpc) is 3.29. The topological polar surface area (TPSA) is 94.4 Å². The number of hydrogen-bond donors (Lipinski definition) is 1. The van der Waals surface area contributed by atoms with Crippen LogP contribution in [-0.2, 0) is 13.5 Å². The number of amides is 1. The zero-order valence-corrected chi connectivity index (χ0v) is 20.8. The van der Waals surface area contributed by atoms with Crippen LogP contribution in [0.25, 0.3) is 11.0 Å². The van der Waals surface area contributed by atoms with Gasteiger partial charge >= 0.3 is 0 Å². The molecular weight excluding hydrogens is 459 g/mol. The summed E-state index contributed by atoms with van der Waals surface area (Å²) in [5.41, 5.74) is 7.40. The fraction of sp³-hybridized carbons (Fsp3) is 0.321. The number of benzene rings is 2. The summed E-state index contributed by atoms with van der Waals surface area (Å²) in [6.07, 6.45) is 4.10. The number of aromatic nitrogens is 2. The van der Waals surface area contributed by atoms with E-state index in [1.807, 2.05) is 44.2 Å². The number of nitrogens with zero attached hydrogens (tertiary/aromatic N) is 3. The van der Waals surface area contributed by atoms with Gasteiger partial charge in [-0.1, -0.05) is 44.2 Å². The SMILES string of the molecule is CC(C)C(c1oc2cc(F)ccc2c(=O)c1Cc1ccccc1)N(CCCN)C(=O)c1cn(C)cn1. The Morgan fingerprint density at radius 2 is 1.94 bits per heavy atom. The van der Waals surface area contributed by atoms with Crippen molar-refractivity contribution < 1.29 is 13.6 Å². The highest BCUT2D eigenvalue weighted by molar-refractivity contribution is 5.92. The molecule has 4 rings (SSSR count). The molecule has 1 atom stereocenters. The van der Waals surface area contributed by atoms with Gasteiger partial charge in [-0.05, 0) is 36.6 Å². The quantitative estimate of drug-likeness (QED) is 0.374. The van der Waals surface area contributed by atoms with E-state index in [0.29, 0.717) is 48.3 Å². The minimum atomic E-state index is -0.592. The third-order valence-electron chi connectivity index (χ3n) is 6.23. The second kappa shape index (κ2) is 10.9. The van der Waals surface area contributed by atoms with Crippen LogP contribution in [-0.4, -0.2) is 33.4 Å². The Hall–Kier alpha value is -3.78. The molecule has 0 saturated carbocycles. The lowest BCUT2D eigenvalue weighted by Crippen LogP contribution is -2.40. The first-order valence-electron chi connectivity index (χ1n) is 12.1. The van der Waals surface area contributed by atoms with Crippen molar-refractivity contribution in [2.24, 2.45) is 18.7 Å². The van der Waals surface area contributed by atoms with E-state index in [4.69, 9.17) is 10.2 Å². The summed E-state index contributed by atoms with van der Waals surface area (Å²) in [5.74, 6) is -0.550. The Kier molecular flexibility index (Phi) is 7.64. The van der Waals surface area contributed by atoms with E-state index in [-0.39, 0.29) is 22.8 Å². The Balaban J connectivity index is 1.93. The summed E-state index contributed by atoms with van der Waals surface area (Å²) in [5, 5.41) is 0.304. The van der Waals surface area contributed by atoms with E-state index in [0.717, 1.165) is 5.56 Å². The van der Waals surface area contributed by atoms with E-state index in [1.165, 1.54) is 18.2 Å². The van der Waals surface area contributed by atoms with Crippen molar-refractivity contribution in [3.8, 4) is 0 Å². The summed E-state index contributed by atoms with van der Waals surface area (Å²) < 4.78 is 22.2. The summed E-state index contributed by atoms with van der Waals surface area (Å²) in [4.78, 5) is 33.4. The fourth-order valence-electron chi connectivity index (χ4n) is 4.53. The van der Waals surface area contributed by atoms with Gasteiger partial charge in [0.25, 0.3) is 5.91 Å². The first-order chi connectivity index (χ1) is 17.3. The van der Waals surface area contributed by atoms with Crippen molar-refractivity contribution in [1.82, 2.24) is 14.5 Å². The van der Waals surface area contributed by atoms with Gasteiger partial charge < -0.3 is 19.6 Å². The maximum Gasteiger partial charge on any atom is 0.274 e. The molecule has 2 heterocycles. The molecule has 0 radical (unpaired) electrons. The molecule has 0 fully saturated rings. The van der Waals surface area contributed by atoms with Crippen LogP contribution in [0, 0.1) is 11.7 Å². The van der Waals surface area contributed by atoms with Gasteiger partial charge in [0.05, 0.1) is 17.8 Å². The van der Waals surface area contributed by atoms with Crippen molar-refractivity contribution in [2.45, 2.75) is 32.7 Å². The van der Waals surface area contributed by atoms with Crippen molar-refractivity contribution in [3.63, 3.8) is 0 Å². The number of carbonyl (C=O) groups is 1. The van der Waals surface area contributed by atoms with E-state index >= 15 is 0 Å². The molecule has 4 aromatic rings. The van der Waals surface area contributed by atoms with Crippen molar-refractivity contribution in [3.05, 3.63) is 99.7 Å². The molecule has 1 unspecified atom stereocenters. The molecule has 8 heteroatoms. The summed E-state index contributed by atoms with van der Waals surface area (Å²) in [6.45, 7) is 4.67. The monoisotopic (exact) mass is 490 g/mol. The zero-order chi connectivity index (χ0) is 25.8. The standard InChI is InChI=1S/C28H31FN4O3/c1-18(2)25(33(13-7-12-30)28(35)23-16-32(3)17-31-23)27-22(14-19-8-5-4-6-9-19)26(34)21-11-10-20(29)15-24(21)36-27/h4-6,8-11,15-18,25H,7,12-14,30H2,1-3H3. The predicted octanol–water partition coefficient (Wildman–Crippen LogP) is 4.44. The normalized spacial score (nSPS) is 12.3. The predicted molar refractivity (Wildman–Crippen MR) is 137 cm³/mol. The third kappa shape index (κ3) is 5.23. The van der Waals surface area contributed by atoms with Gasteiger partial charge in [0, 0.05) is 37.8 Å². The molecule has 0 bridgehead atoms. The molecule has 0 aliphatic heterocycles. The molecule has 2 aromatic heterocycles. The van der Waals surface area contributed by atoms with Crippen LogP contribution in [0.3, 0.4) is 0 Å². The molecule has 2 N–H and O–H groups in total. The Labute approximate surface area is 209 Å². The largest absolute Gasteiger partial charge is 0.458 e. The van der Waals surface area contributed by atoms with Crippen LogP contribution in [0.2, 0.25) is 0 Å². The molecule has 0 spiro atoms. The van der Waals surface area contributed by atoms with Gasteiger partial charge in [0.1, 0.15) is 22.9 Å². The fourth-order valence-corrected chi connectivity index (χ4v) is 4.53. The average molecular weight is 491 g/mol. The van der Waals surface area contributed by atoms with Crippen molar-refractivity contribution in [2.75, 3.05) is 13.1 Å². The number of halogens is 1. The lowest BCUT2D eigenvalue weighted by molar-refractivity contribution is 0.0581. The maximum absolute atomic E-state index is 14.1. The minimum absolute atomic E-state index is 0.126. The minimum Gasteiger partial charge on any atom is -0.458 e. The summed E-state index contributed by atoms with van der Waals surface area (Å²) >= 11 is 0. The zero-order valence-electron chi connectivity index (χ0n) is 20.8. The van der Waals surface area contributed by atoms with Crippen molar-refractivity contribution >= 4 is 16.9 Å². The number of imidazole rings is 1. The molecule has 36 heavy (non-hydrogen) atoms. The highest BCUT2D eigenvalue weighted by Crippen LogP contribution is 2.34. The molecule has 2 aromatic carbocycles. The van der Waals surface area contributed by atoms with Crippen LogP contribution >= 0.6 is 0 Å². The lowest BCUT2D eigenvalue weighted by atomic mass is 9.92.